The van der Waals surface area contributed by atoms with Gasteiger partial charge in [0.25, 0.3) is 5.91 Å². The van der Waals surface area contributed by atoms with E-state index in [0.29, 0.717) is 23.9 Å². The van der Waals surface area contributed by atoms with Gasteiger partial charge in [-0.3, -0.25) is 4.79 Å². The molecule has 0 aliphatic carbocycles. The van der Waals surface area contributed by atoms with Crippen molar-refractivity contribution in [3.8, 4) is 0 Å². The summed E-state index contributed by atoms with van der Waals surface area (Å²) in [4.78, 5) is 18.1. The summed E-state index contributed by atoms with van der Waals surface area (Å²) >= 11 is 7.56. The Morgan fingerprint density at radius 1 is 1.52 bits per heavy atom. The predicted octanol–water partition coefficient (Wildman–Crippen LogP) is 1.34. The molecule has 1 atom stereocenters. The minimum absolute atomic E-state index is 0.0732. The fraction of sp³-hybridized carbons (Fsp3) is 0.500. The van der Waals surface area contributed by atoms with Gasteiger partial charge < -0.3 is 10.2 Å². The summed E-state index contributed by atoms with van der Waals surface area (Å²) < 4.78 is 23.7. The Hall–Kier alpha value is -0.990. The molecule has 0 aromatic carbocycles. The molecule has 1 aliphatic heterocycles. The molecule has 1 aromatic heterocycles. The van der Waals surface area contributed by atoms with E-state index in [1.165, 1.54) is 16.7 Å². The average molecular weight is 350 g/mol. The topological polar surface area (TPSA) is 79.4 Å². The zero-order valence-electron chi connectivity index (χ0n) is 11.7. The van der Waals surface area contributed by atoms with Crippen LogP contribution < -0.4 is 5.32 Å². The van der Waals surface area contributed by atoms with Gasteiger partial charge in [0, 0.05) is 31.4 Å². The Morgan fingerprint density at radius 2 is 2.24 bits per heavy atom. The van der Waals surface area contributed by atoms with Gasteiger partial charge in [0.1, 0.15) is 16.9 Å². The van der Waals surface area contributed by atoms with Crippen molar-refractivity contribution < 1.29 is 13.2 Å². The number of rotatable bonds is 3. The van der Waals surface area contributed by atoms with E-state index in [1.807, 2.05) is 0 Å². The summed E-state index contributed by atoms with van der Waals surface area (Å²) in [5, 5.41) is 2.21. The first-order valence-corrected chi connectivity index (χ1v) is 9.75. The first-order valence-electron chi connectivity index (χ1n) is 6.26. The monoisotopic (exact) mass is 349 g/mol. The highest BCUT2D eigenvalue weighted by Crippen LogP contribution is 2.25. The molecule has 21 heavy (non-hydrogen) atoms. The van der Waals surface area contributed by atoms with E-state index < -0.39 is 21.1 Å². The zero-order valence-corrected chi connectivity index (χ0v) is 14.1. The van der Waals surface area contributed by atoms with E-state index in [4.69, 9.17) is 11.6 Å². The molecular weight excluding hydrogens is 334 g/mol. The molecule has 0 spiro atoms. The van der Waals surface area contributed by atoms with Crippen LogP contribution in [-0.2, 0) is 9.84 Å². The Labute approximate surface area is 133 Å². The van der Waals surface area contributed by atoms with Gasteiger partial charge in [-0.15, -0.1) is 0 Å². The van der Waals surface area contributed by atoms with Crippen LogP contribution in [0.1, 0.15) is 10.5 Å². The number of aromatic nitrogens is 1. The number of thioether (sulfide) groups is 1. The molecule has 0 bridgehead atoms. The van der Waals surface area contributed by atoms with Gasteiger partial charge in [-0.05, 0) is 12.1 Å². The average Bonchev–Trinajstić information content (AvgIpc) is 2.46. The van der Waals surface area contributed by atoms with Crippen LogP contribution in [0.15, 0.2) is 12.1 Å². The summed E-state index contributed by atoms with van der Waals surface area (Å²) in [6.45, 7) is 0.364. The third-order valence-corrected chi connectivity index (χ3v) is 6.09. The molecule has 2 rings (SSSR count). The Kier molecular flexibility index (Phi) is 5.00. The number of nitrogens with one attached hydrogen (secondary N) is 1. The van der Waals surface area contributed by atoms with E-state index in [1.54, 1.807) is 19.2 Å². The van der Waals surface area contributed by atoms with Crippen LogP contribution in [0.5, 0.6) is 0 Å². The maximum absolute atomic E-state index is 12.6. The standard InChI is InChI=1S/C12H16ClN3O3S2/c1-14-9-4-3-8(13)11(15-9)12(17)16-5-6-20-7-10(16)21(2,18)19/h3-4,10H,5-7H2,1-2H3,(H,14,15). The number of carbonyl (C=O) groups excluding carboxylic acids is 1. The van der Waals surface area contributed by atoms with Gasteiger partial charge in [-0.2, -0.15) is 11.8 Å². The minimum atomic E-state index is -3.36. The molecule has 1 unspecified atom stereocenters. The van der Waals surface area contributed by atoms with Crippen molar-refractivity contribution in [3.05, 3.63) is 22.8 Å². The van der Waals surface area contributed by atoms with E-state index in [9.17, 15) is 13.2 Å². The van der Waals surface area contributed by atoms with Gasteiger partial charge in [0.2, 0.25) is 0 Å². The molecule has 1 fully saturated rings. The number of amides is 1. The zero-order chi connectivity index (χ0) is 15.6. The van der Waals surface area contributed by atoms with Crippen LogP contribution in [0.25, 0.3) is 0 Å². The lowest BCUT2D eigenvalue weighted by molar-refractivity contribution is 0.0744. The first kappa shape index (κ1) is 16.4. The van der Waals surface area contributed by atoms with Crippen LogP contribution in [0.4, 0.5) is 5.82 Å². The van der Waals surface area contributed by atoms with E-state index in [-0.39, 0.29) is 10.7 Å². The summed E-state index contributed by atoms with van der Waals surface area (Å²) in [5.41, 5.74) is 0.0732. The van der Waals surface area contributed by atoms with Crippen molar-refractivity contribution in [2.75, 3.05) is 36.7 Å². The van der Waals surface area contributed by atoms with Crippen molar-refractivity contribution in [2.24, 2.45) is 0 Å². The molecule has 2 heterocycles. The lowest BCUT2D eigenvalue weighted by atomic mass is 10.3. The first-order chi connectivity index (χ1) is 9.84. The van der Waals surface area contributed by atoms with Gasteiger partial charge in [0.15, 0.2) is 9.84 Å². The van der Waals surface area contributed by atoms with Crippen molar-refractivity contribution in [1.29, 1.82) is 0 Å². The lowest BCUT2D eigenvalue weighted by Gasteiger charge is -2.33. The molecule has 1 N–H and O–H groups in total. The number of pyridine rings is 1. The highest BCUT2D eigenvalue weighted by Gasteiger charge is 2.35. The van der Waals surface area contributed by atoms with Gasteiger partial charge in [-0.1, -0.05) is 11.6 Å². The van der Waals surface area contributed by atoms with Crippen LogP contribution >= 0.6 is 23.4 Å². The SMILES string of the molecule is CNc1ccc(Cl)c(C(=O)N2CCSCC2S(C)(=O)=O)n1. The number of hydrogen-bond acceptors (Lipinski definition) is 6. The normalized spacial score (nSPS) is 19.4. The van der Waals surface area contributed by atoms with Crippen molar-refractivity contribution in [1.82, 2.24) is 9.88 Å². The van der Waals surface area contributed by atoms with Crippen molar-refractivity contribution in [2.45, 2.75) is 5.37 Å². The molecule has 1 aliphatic rings. The van der Waals surface area contributed by atoms with Crippen molar-refractivity contribution >= 4 is 44.9 Å². The highest BCUT2D eigenvalue weighted by atomic mass is 35.5. The number of halogens is 1. The molecule has 9 heteroatoms. The molecule has 1 amide bonds. The van der Waals surface area contributed by atoms with E-state index in [2.05, 4.69) is 10.3 Å². The Bertz CT molecular complexity index is 651. The molecule has 1 saturated heterocycles. The fourth-order valence-electron chi connectivity index (χ4n) is 2.04. The molecule has 0 radical (unpaired) electrons. The molecule has 0 saturated carbocycles. The Balaban J connectivity index is 2.37. The largest absolute Gasteiger partial charge is 0.373 e. The van der Waals surface area contributed by atoms with Crippen LogP contribution in [0, 0.1) is 0 Å². The molecular formula is C12H16ClN3O3S2. The van der Waals surface area contributed by atoms with E-state index >= 15 is 0 Å². The van der Waals surface area contributed by atoms with E-state index in [0.717, 1.165) is 6.26 Å². The number of hydrogen-bond donors (Lipinski definition) is 1. The van der Waals surface area contributed by atoms with Gasteiger partial charge >= 0.3 is 0 Å². The van der Waals surface area contributed by atoms with Gasteiger partial charge in [0.05, 0.1) is 5.02 Å². The quantitative estimate of drug-likeness (QED) is 0.887. The van der Waals surface area contributed by atoms with Crippen LogP contribution in [-0.4, -0.2) is 60.9 Å². The second-order valence-electron chi connectivity index (χ2n) is 4.63. The number of carbonyl (C=O) groups is 1. The predicted molar refractivity (Wildman–Crippen MR) is 85.8 cm³/mol. The number of nitrogens with zero attached hydrogens (tertiary/aromatic N) is 2. The second kappa shape index (κ2) is 6.41. The highest BCUT2D eigenvalue weighted by molar-refractivity contribution is 8.00. The van der Waals surface area contributed by atoms with Crippen LogP contribution in [0.2, 0.25) is 5.02 Å². The summed E-state index contributed by atoms with van der Waals surface area (Å²) in [5.74, 6) is 1.12. The smallest absolute Gasteiger partial charge is 0.275 e. The molecule has 6 nitrogen and oxygen atoms in total. The third-order valence-electron chi connectivity index (χ3n) is 3.14. The molecule has 116 valence electrons. The van der Waals surface area contributed by atoms with Gasteiger partial charge in [-0.25, -0.2) is 13.4 Å². The summed E-state index contributed by atoms with van der Waals surface area (Å²) in [6, 6.07) is 3.22. The summed E-state index contributed by atoms with van der Waals surface area (Å²) in [6.07, 6.45) is 1.14. The third kappa shape index (κ3) is 3.61. The summed E-state index contributed by atoms with van der Waals surface area (Å²) in [7, 11) is -1.68. The minimum Gasteiger partial charge on any atom is -0.373 e. The Morgan fingerprint density at radius 3 is 2.86 bits per heavy atom. The van der Waals surface area contributed by atoms with Crippen molar-refractivity contribution in [3.63, 3.8) is 0 Å². The molecule has 1 aromatic rings. The number of anilines is 1. The maximum Gasteiger partial charge on any atom is 0.275 e. The van der Waals surface area contributed by atoms with Crippen LogP contribution in [0.3, 0.4) is 0 Å². The maximum atomic E-state index is 12.6. The fourth-order valence-corrected chi connectivity index (χ4v) is 5.04. The number of sulfone groups is 1. The second-order valence-corrected chi connectivity index (χ2v) is 8.39. The lowest BCUT2D eigenvalue weighted by Crippen LogP contribution is -2.50.